The topological polar surface area (TPSA) is 77.9 Å². The number of nitrogens with two attached hydrogens (primary N) is 1. The summed E-state index contributed by atoms with van der Waals surface area (Å²) in [6.45, 7) is 0. The summed E-state index contributed by atoms with van der Waals surface area (Å²) in [5, 5.41) is 2.86. The van der Waals surface area contributed by atoms with E-state index in [0.717, 1.165) is 5.69 Å². The molecule has 0 saturated carbocycles. The van der Waals surface area contributed by atoms with Crippen LogP contribution in [-0.2, 0) is 0 Å². The summed E-state index contributed by atoms with van der Waals surface area (Å²) in [6, 6.07) is 0. The number of rotatable bonds is 0. The van der Waals surface area contributed by atoms with Gasteiger partial charge in [-0.2, -0.15) is 0 Å². The molecule has 3 N–H and O–H groups in total. The molecule has 1 radical (unpaired) electrons. The molecule has 0 saturated heterocycles. The van der Waals surface area contributed by atoms with Gasteiger partial charge in [0.05, 0.1) is 6.20 Å². The molecule has 5 nitrogen and oxygen atoms in total. The van der Waals surface area contributed by atoms with Crippen LogP contribution in [0.5, 0.6) is 0 Å². The van der Waals surface area contributed by atoms with Crippen molar-refractivity contribution in [2.45, 2.75) is 0 Å². The fourth-order valence-corrected chi connectivity index (χ4v) is 0.749. The summed E-state index contributed by atoms with van der Waals surface area (Å²) < 4.78 is 0. The molecule has 0 aromatic carbocycles. The fraction of sp³-hybridized carbons (Fsp3) is 0. The van der Waals surface area contributed by atoms with Gasteiger partial charge in [-0.3, -0.25) is 5.32 Å². The summed E-state index contributed by atoms with van der Waals surface area (Å²) in [4.78, 5) is 11.5. The van der Waals surface area contributed by atoms with Crippen molar-refractivity contribution in [1.29, 1.82) is 0 Å². The number of fused-ring (bicyclic) bond motifs is 1. The number of aromatic nitrogens is 2. The van der Waals surface area contributed by atoms with Gasteiger partial charge in [-0.05, 0) is 0 Å². The Hall–Kier alpha value is -1.65. The van der Waals surface area contributed by atoms with Crippen LogP contribution >= 0.6 is 0 Å². The van der Waals surface area contributed by atoms with Crippen molar-refractivity contribution < 1.29 is 0 Å². The highest BCUT2D eigenvalue weighted by molar-refractivity contribution is 5.87. The van der Waals surface area contributed by atoms with Crippen molar-refractivity contribution in [3.63, 3.8) is 0 Å². The molecular weight excluding hydrogens is 130 g/mol. The zero-order valence-electron chi connectivity index (χ0n) is 5.07. The first kappa shape index (κ1) is 5.16. The van der Waals surface area contributed by atoms with Crippen molar-refractivity contribution in [2.75, 3.05) is 11.1 Å². The largest absolute Gasteiger partial charge is 0.354 e. The number of aliphatic imine (C=N–C) groups is 1. The molecule has 0 atom stereocenters. The average molecular weight is 135 g/mol. The van der Waals surface area contributed by atoms with Gasteiger partial charge in [0.2, 0.25) is 6.34 Å². The van der Waals surface area contributed by atoms with Crippen molar-refractivity contribution in [3.8, 4) is 0 Å². The minimum atomic E-state index is 0.250. The molecule has 10 heavy (non-hydrogen) atoms. The highest BCUT2D eigenvalue weighted by Crippen LogP contribution is 2.18. The van der Waals surface area contributed by atoms with E-state index in [4.69, 9.17) is 5.73 Å². The number of anilines is 2. The normalized spacial score (nSPS) is 12.8. The molecule has 0 unspecified atom stereocenters. The van der Waals surface area contributed by atoms with E-state index in [1.165, 1.54) is 0 Å². The van der Waals surface area contributed by atoms with Crippen molar-refractivity contribution in [3.05, 3.63) is 6.20 Å². The first-order valence-corrected chi connectivity index (χ1v) is 2.78. The standard InChI is InChI=1S/C5H5N5/c6-5-7-1-3-4(10-5)9-2-8-3/h1-2,8H,(H2,6,7,10)/q+1. The fourth-order valence-electron chi connectivity index (χ4n) is 0.749. The van der Waals surface area contributed by atoms with Crippen LogP contribution in [0.15, 0.2) is 6.20 Å². The highest BCUT2D eigenvalue weighted by Gasteiger charge is 2.17. The van der Waals surface area contributed by atoms with Crippen LogP contribution in [-0.4, -0.2) is 16.3 Å². The maximum absolute atomic E-state index is 5.31. The van der Waals surface area contributed by atoms with Gasteiger partial charge in [-0.1, -0.05) is 9.98 Å². The molecule has 1 aliphatic heterocycles. The van der Waals surface area contributed by atoms with Crippen LogP contribution < -0.4 is 16.0 Å². The lowest BCUT2D eigenvalue weighted by molar-refractivity contribution is 1.16. The van der Waals surface area contributed by atoms with Gasteiger partial charge >= 0.3 is 5.82 Å². The number of hydrogen-bond donors (Lipinski definition) is 2. The second-order valence-electron chi connectivity index (χ2n) is 1.87. The summed E-state index contributed by atoms with van der Waals surface area (Å²) in [7, 11) is 0. The Bertz CT molecular complexity index is 292. The first-order chi connectivity index (χ1) is 4.86. The Kier molecular flexibility index (Phi) is 0.858. The van der Waals surface area contributed by atoms with E-state index < -0.39 is 0 Å². The van der Waals surface area contributed by atoms with Gasteiger partial charge in [0.15, 0.2) is 5.69 Å². The van der Waals surface area contributed by atoms with Gasteiger partial charge < -0.3 is 5.73 Å². The molecule has 1 aliphatic rings. The van der Waals surface area contributed by atoms with Crippen LogP contribution in [0.1, 0.15) is 0 Å². The maximum atomic E-state index is 5.31. The van der Waals surface area contributed by atoms with E-state index in [1.807, 2.05) is 0 Å². The van der Waals surface area contributed by atoms with Gasteiger partial charge in [-0.15, -0.1) is 0 Å². The lowest BCUT2D eigenvalue weighted by Gasteiger charge is -1.86. The van der Waals surface area contributed by atoms with Crippen molar-refractivity contribution >= 4 is 23.8 Å². The lowest BCUT2D eigenvalue weighted by atomic mass is 10.5. The quantitative estimate of drug-likeness (QED) is 0.501. The zero-order valence-corrected chi connectivity index (χ0v) is 5.07. The van der Waals surface area contributed by atoms with Gasteiger partial charge in [0, 0.05) is 0 Å². The molecule has 5 heteroatoms. The summed E-state index contributed by atoms with van der Waals surface area (Å²) in [5.41, 5.74) is 6.11. The second kappa shape index (κ2) is 1.66. The smallest absolute Gasteiger partial charge is 0.341 e. The average Bonchev–Trinajstić information content (AvgIpc) is 2.33. The molecule has 0 amide bonds. The molecular formula is C5H5N5+. The zero-order chi connectivity index (χ0) is 6.97. The van der Waals surface area contributed by atoms with Crippen molar-refractivity contribution in [2.24, 2.45) is 0 Å². The van der Waals surface area contributed by atoms with Gasteiger partial charge in [0.1, 0.15) is 0 Å². The third-order valence-electron chi connectivity index (χ3n) is 1.19. The van der Waals surface area contributed by atoms with Crippen LogP contribution in [0, 0.1) is 0 Å². The summed E-state index contributed by atoms with van der Waals surface area (Å²) >= 11 is 0. The Balaban J connectivity index is 2.60. The molecule has 0 aliphatic carbocycles. The van der Waals surface area contributed by atoms with E-state index >= 15 is 0 Å². The van der Waals surface area contributed by atoms with E-state index in [9.17, 15) is 0 Å². The van der Waals surface area contributed by atoms with Crippen molar-refractivity contribution in [1.82, 2.24) is 15.0 Å². The molecule has 0 spiro atoms. The SMILES string of the molecule is Nc1ncc2c(n1)[N+]=CN2. The number of nitrogen functional groups attached to an aromatic ring is 1. The second-order valence-corrected chi connectivity index (χ2v) is 1.87. The first-order valence-electron chi connectivity index (χ1n) is 2.78. The Morgan fingerprint density at radius 3 is 3.40 bits per heavy atom. The summed E-state index contributed by atoms with van der Waals surface area (Å²) in [6.07, 6.45) is 3.16. The van der Waals surface area contributed by atoms with E-state index in [-0.39, 0.29) is 5.95 Å². The van der Waals surface area contributed by atoms with Crippen LogP contribution in [0.3, 0.4) is 0 Å². The Labute approximate surface area is 57.0 Å². The van der Waals surface area contributed by atoms with Gasteiger partial charge in [-0.25, -0.2) is 4.98 Å². The number of nitrogens with one attached hydrogen (secondary N) is 1. The highest BCUT2D eigenvalue weighted by atomic mass is 15.1. The lowest BCUT2D eigenvalue weighted by Crippen LogP contribution is -1.95. The van der Waals surface area contributed by atoms with E-state index in [0.29, 0.717) is 5.82 Å². The van der Waals surface area contributed by atoms with E-state index in [1.54, 1.807) is 12.5 Å². The number of nitrogens with zero attached hydrogens (tertiary/aromatic N) is 3. The number of hydrogen-bond acceptors (Lipinski definition) is 5. The Morgan fingerprint density at radius 1 is 1.60 bits per heavy atom. The molecule has 0 bridgehead atoms. The van der Waals surface area contributed by atoms with Crippen LogP contribution in [0.25, 0.3) is 0 Å². The Morgan fingerprint density at radius 2 is 2.50 bits per heavy atom. The molecule has 2 rings (SSSR count). The third-order valence-corrected chi connectivity index (χ3v) is 1.19. The minimum Gasteiger partial charge on any atom is -0.354 e. The van der Waals surface area contributed by atoms with Gasteiger partial charge in [0.25, 0.3) is 5.95 Å². The molecule has 49 valence electrons. The predicted molar refractivity (Wildman–Crippen MR) is 37.9 cm³/mol. The summed E-state index contributed by atoms with van der Waals surface area (Å²) in [5.74, 6) is 0.854. The molecule has 0 fully saturated rings. The van der Waals surface area contributed by atoms with E-state index in [2.05, 4.69) is 20.3 Å². The minimum absolute atomic E-state index is 0.250. The molecule has 1 aromatic heterocycles. The monoisotopic (exact) mass is 135 g/mol. The third kappa shape index (κ3) is 0.604. The maximum Gasteiger partial charge on any atom is 0.341 e. The predicted octanol–water partition coefficient (Wildman–Crippen LogP) is -0.520. The van der Waals surface area contributed by atoms with Crippen LogP contribution in [0.4, 0.5) is 17.5 Å². The molecule has 2 heterocycles. The molecule has 1 aromatic rings. The van der Waals surface area contributed by atoms with Crippen LogP contribution in [0.2, 0.25) is 0 Å².